The maximum absolute atomic E-state index is 10.7. The van der Waals surface area contributed by atoms with E-state index in [1.807, 2.05) is 35.6 Å². The Bertz CT molecular complexity index is 334. The van der Waals surface area contributed by atoms with Crippen LogP contribution in [0, 0.1) is 14.1 Å². The van der Waals surface area contributed by atoms with Crippen molar-refractivity contribution in [3.8, 4) is 0 Å². The molecule has 1 N–H and O–H groups in total. The van der Waals surface area contributed by atoms with Crippen LogP contribution >= 0.6 is 45.2 Å². The highest BCUT2D eigenvalue weighted by molar-refractivity contribution is 14.1. The lowest BCUT2D eigenvalue weighted by Gasteiger charge is -2.02. The van der Waals surface area contributed by atoms with Crippen LogP contribution in [0.1, 0.15) is 15.9 Å². The number of carboxylic acids is 1. The van der Waals surface area contributed by atoms with Gasteiger partial charge in [-0.25, -0.2) is 4.79 Å². The van der Waals surface area contributed by atoms with E-state index in [1.165, 1.54) is 0 Å². The lowest BCUT2D eigenvalue weighted by atomic mass is 10.1. The fourth-order valence-corrected chi connectivity index (χ4v) is 2.13. The molecule has 0 amide bonds. The molecule has 2 nitrogen and oxygen atoms in total. The second-order valence-corrected chi connectivity index (χ2v) is 4.71. The maximum Gasteiger partial charge on any atom is 0.336 e. The Balaban J connectivity index is 3.33. The minimum absolute atomic E-state index is 0.380. The van der Waals surface area contributed by atoms with Gasteiger partial charge < -0.3 is 5.11 Å². The molecular weight excluding hydrogens is 382 g/mol. The molecule has 1 rings (SSSR count). The topological polar surface area (TPSA) is 37.3 Å². The molecule has 0 saturated heterocycles. The molecule has 0 fully saturated rings. The third-order valence-electron chi connectivity index (χ3n) is 1.48. The highest BCUT2D eigenvalue weighted by atomic mass is 127. The van der Waals surface area contributed by atoms with Gasteiger partial charge in [-0.05, 0) is 69.8 Å². The third-order valence-corrected chi connectivity index (χ3v) is 3.53. The van der Waals surface area contributed by atoms with E-state index >= 15 is 0 Å². The minimum Gasteiger partial charge on any atom is -0.478 e. The van der Waals surface area contributed by atoms with E-state index in [2.05, 4.69) is 22.6 Å². The molecule has 0 aliphatic carbocycles. The monoisotopic (exact) mass is 388 g/mol. The van der Waals surface area contributed by atoms with E-state index < -0.39 is 5.97 Å². The second-order valence-electron chi connectivity index (χ2n) is 2.39. The molecule has 64 valence electrons. The van der Waals surface area contributed by atoms with Crippen molar-refractivity contribution in [3.63, 3.8) is 0 Å². The van der Waals surface area contributed by atoms with Gasteiger partial charge in [0.15, 0.2) is 0 Å². The van der Waals surface area contributed by atoms with Crippen molar-refractivity contribution in [2.45, 2.75) is 6.92 Å². The summed E-state index contributed by atoms with van der Waals surface area (Å²) in [5.74, 6) is -0.864. The molecule has 0 radical (unpaired) electrons. The van der Waals surface area contributed by atoms with Crippen LogP contribution in [0.15, 0.2) is 12.1 Å². The molecule has 0 bridgehead atoms. The van der Waals surface area contributed by atoms with Gasteiger partial charge in [0.2, 0.25) is 0 Å². The van der Waals surface area contributed by atoms with Gasteiger partial charge in [-0.2, -0.15) is 0 Å². The second kappa shape index (κ2) is 3.91. The van der Waals surface area contributed by atoms with E-state index in [1.54, 1.807) is 6.07 Å². The minimum atomic E-state index is -0.864. The van der Waals surface area contributed by atoms with E-state index in [0.29, 0.717) is 5.56 Å². The molecule has 0 atom stereocenters. The van der Waals surface area contributed by atoms with E-state index in [4.69, 9.17) is 5.11 Å². The number of rotatable bonds is 1. The summed E-state index contributed by atoms with van der Waals surface area (Å²) < 4.78 is 1.78. The Morgan fingerprint density at radius 2 is 1.92 bits per heavy atom. The number of benzene rings is 1. The van der Waals surface area contributed by atoms with Crippen LogP contribution in [-0.2, 0) is 0 Å². The molecule has 0 aromatic heterocycles. The summed E-state index contributed by atoms with van der Waals surface area (Å²) in [6.07, 6.45) is 0. The molecule has 0 saturated carbocycles. The molecule has 1 aromatic carbocycles. The Hall–Kier alpha value is 0.150. The van der Waals surface area contributed by atoms with Gasteiger partial charge in [-0.1, -0.05) is 0 Å². The van der Waals surface area contributed by atoms with Gasteiger partial charge in [0.25, 0.3) is 0 Å². The summed E-state index contributed by atoms with van der Waals surface area (Å²) in [6.45, 7) is 1.97. The number of aromatic carboxylic acids is 1. The fourth-order valence-electron chi connectivity index (χ4n) is 0.810. The molecule has 0 spiro atoms. The zero-order valence-corrected chi connectivity index (χ0v) is 10.6. The predicted molar refractivity (Wildman–Crippen MR) is 63.6 cm³/mol. The van der Waals surface area contributed by atoms with Crippen molar-refractivity contribution < 1.29 is 9.90 Å². The van der Waals surface area contributed by atoms with Crippen molar-refractivity contribution in [1.82, 2.24) is 0 Å². The van der Waals surface area contributed by atoms with E-state index in [9.17, 15) is 4.79 Å². The Morgan fingerprint density at radius 1 is 1.33 bits per heavy atom. The molecule has 12 heavy (non-hydrogen) atoms. The summed E-state index contributed by atoms with van der Waals surface area (Å²) in [5, 5.41) is 8.77. The first-order chi connectivity index (χ1) is 5.52. The smallest absolute Gasteiger partial charge is 0.336 e. The van der Waals surface area contributed by atoms with Gasteiger partial charge >= 0.3 is 5.97 Å². The van der Waals surface area contributed by atoms with Gasteiger partial charge in [0.05, 0.1) is 5.56 Å². The number of carboxylic acid groups (broad SMARTS) is 1. The number of aryl methyl sites for hydroxylation is 1. The van der Waals surface area contributed by atoms with Crippen LogP contribution in [0.5, 0.6) is 0 Å². The summed E-state index contributed by atoms with van der Waals surface area (Å²) in [5.41, 5.74) is 1.50. The van der Waals surface area contributed by atoms with E-state index in [0.717, 1.165) is 12.7 Å². The summed E-state index contributed by atoms with van der Waals surface area (Å²) in [6, 6.07) is 3.58. The first-order valence-electron chi connectivity index (χ1n) is 3.21. The van der Waals surface area contributed by atoms with Gasteiger partial charge in [0, 0.05) is 7.14 Å². The first kappa shape index (κ1) is 10.2. The van der Waals surface area contributed by atoms with Crippen molar-refractivity contribution in [2.75, 3.05) is 0 Å². The van der Waals surface area contributed by atoms with Crippen LogP contribution in [0.3, 0.4) is 0 Å². The highest BCUT2D eigenvalue weighted by Crippen LogP contribution is 2.19. The van der Waals surface area contributed by atoms with Gasteiger partial charge in [-0.3, -0.25) is 0 Å². The van der Waals surface area contributed by atoms with E-state index in [-0.39, 0.29) is 0 Å². The van der Waals surface area contributed by atoms with Crippen LogP contribution in [0.25, 0.3) is 0 Å². The quantitative estimate of drug-likeness (QED) is 0.752. The van der Waals surface area contributed by atoms with Crippen LogP contribution in [0.4, 0.5) is 0 Å². The molecule has 0 heterocycles. The maximum atomic E-state index is 10.7. The highest BCUT2D eigenvalue weighted by Gasteiger charge is 2.09. The van der Waals surface area contributed by atoms with Crippen molar-refractivity contribution in [1.29, 1.82) is 0 Å². The number of halogens is 2. The number of carbonyl (C=O) groups is 1. The molecule has 0 aliphatic rings. The predicted octanol–water partition coefficient (Wildman–Crippen LogP) is 2.90. The average molecular weight is 388 g/mol. The Kier molecular flexibility index (Phi) is 3.33. The van der Waals surface area contributed by atoms with Crippen LogP contribution in [-0.4, -0.2) is 11.1 Å². The number of hydrogen-bond acceptors (Lipinski definition) is 1. The average Bonchev–Trinajstić information content (AvgIpc) is 1.96. The summed E-state index contributed by atoms with van der Waals surface area (Å²) in [7, 11) is 0. The zero-order valence-electron chi connectivity index (χ0n) is 6.27. The first-order valence-corrected chi connectivity index (χ1v) is 5.37. The summed E-state index contributed by atoms with van der Waals surface area (Å²) in [4.78, 5) is 10.7. The Labute approximate surface area is 97.6 Å². The lowest BCUT2D eigenvalue weighted by Crippen LogP contribution is -2.01. The van der Waals surface area contributed by atoms with Crippen molar-refractivity contribution >= 4 is 51.2 Å². The Morgan fingerprint density at radius 3 is 2.42 bits per heavy atom. The molecule has 1 aromatic rings. The largest absolute Gasteiger partial charge is 0.478 e. The number of hydrogen-bond donors (Lipinski definition) is 1. The van der Waals surface area contributed by atoms with Crippen molar-refractivity contribution in [3.05, 3.63) is 30.4 Å². The lowest BCUT2D eigenvalue weighted by molar-refractivity contribution is 0.0695. The standard InChI is InChI=1S/C8H6I2O2/c1-4-2-7(10)5(8(11)12)3-6(4)9/h2-3H,1H3,(H,11,12). The van der Waals surface area contributed by atoms with Crippen molar-refractivity contribution in [2.24, 2.45) is 0 Å². The normalized spacial score (nSPS) is 9.92. The van der Waals surface area contributed by atoms with Crippen LogP contribution in [0.2, 0.25) is 0 Å². The summed E-state index contributed by atoms with van der Waals surface area (Å²) >= 11 is 4.17. The van der Waals surface area contributed by atoms with Gasteiger partial charge in [-0.15, -0.1) is 0 Å². The molecule has 0 unspecified atom stereocenters. The van der Waals surface area contributed by atoms with Crippen LogP contribution < -0.4 is 0 Å². The molecule has 0 aliphatic heterocycles. The third kappa shape index (κ3) is 2.09. The SMILES string of the molecule is Cc1cc(I)c(C(=O)O)cc1I. The molecular formula is C8H6I2O2. The fraction of sp³-hybridized carbons (Fsp3) is 0.125. The van der Waals surface area contributed by atoms with Gasteiger partial charge in [0.1, 0.15) is 0 Å². The zero-order chi connectivity index (χ0) is 9.30. The molecule has 4 heteroatoms.